The number of hydrogen-bond acceptors (Lipinski definition) is 7. The molecule has 35 heavy (non-hydrogen) atoms. The molecule has 2 aromatic carbocycles. The van der Waals surface area contributed by atoms with Gasteiger partial charge < -0.3 is 31.1 Å². The van der Waals surface area contributed by atoms with E-state index in [-0.39, 0.29) is 24.9 Å². The van der Waals surface area contributed by atoms with Crippen LogP contribution >= 0.6 is 0 Å². The number of nitrogen functional groups attached to an aromatic ring is 1. The highest BCUT2D eigenvalue weighted by Gasteiger charge is 2.30. The number of carbonyl (C=O) groups excluding carboxylic acids is 1. The molecule has 2 heterocycles. The zero-order valence-corrected chi connectivity index (χ0v) is 18.7. The second-order valence-corrected chi connectivity index (χ2v) is 7.98. The summed E-state index contributed by atoms with van der Waals surface area (Å²) in [6, 6.07) is 10.6. The Labute approximate surface area is 200 Å². The number of aryl methyl sites for hydroxylation is 1. The molecule has 5 N–H and O–H groups in total. The number of amides is 2. The van der Waals surface area contributed by atoms with E-state index in [1.807, 2.05) is 6.92 Å². The number of phenols is 1. The topological polar surface area (TPSA) is 145 Å². The van der Waals surface area contributed by atoms with E-state index in [0.29, 0.717) is 22.6 Å². The van der Waals surface area contributed by atoms with Gasteiger partial charge in [0.2, 0.25) is 5.95 Å². The van der Waals surface area contributed by atoms with Gasteiger partial charge in [0.1, 0.15) is 23.4 Å². The fourth-order valence-corrected chi connectivity index (χ4v) is 3.74. The first kappa shape index (κ1) is 23.5. The molecule has 180 valence electrons. The number of carbonyl (C=O) groups is 2. The molecule has 3 aromatic rings. The molecule has 0 bridgehead atoms. The average Bonchev–Trinajstić information content (AvgIpc) is 2.84. The monoisotopic (exact) mass is 478 g/mol. The fourth-order valence-electron chi connectivity index (χ4n) is 3.74. The Hall–Kier alpha value is -4.67. The molecule has 1 aliphatic heterocycles. The van der Waals surface area contributed by atoms with Gasteiger partial charge in [-0.25, -0.2) is 14.2 Å². The van der Waals surface area contributed by atoms with Crippen LogP contribution in [0.2, 0.25) is 0 Å². The second kappa shape index (κ2) is 9.67. The lowest BCUT2D eigenvalue weighted by Crippen LogP contribution is -2.48. The molecule has 1 aliphatic rings. The highest BCUT2D eigenvalue weighted by Crippen LogP contribution is 2.31. The van der Waals surface area contributed by atoms with Gasteiger partial charge in [0.05, 0.1) is 12.4 Å². The first-order valence-electron chi connectivity index (χ1n) is 10.6. The third-order valence-electron chi connectivity index (χ3n) is 5.42. The fraction of sp³-hybridized carbons (Fsp3) is 0.167. The highest BCUT2D eigenvalue weighted by atomic mass is 19.1. The highest BCUT2D eigenvalue weighted by molar-refractivity contribution is 5.87. The van der Waals surface area contributed by atoms with Gasteiger partial charge >= 0.3 is 6.09 Å². The van der Waals surface area contributed by atoms with Crippen LogP contribution in [0.15, 0.2) is 60.8 Å². The van der Waals surface area contributed by atoms with E-state index in [4.69, 9.17) is 5.73 Å². The lowest BCUT2D eigenvalue weighted by atomic mass is 10.1. The summed E-state index contributed by atoms with van der Waals surface area (Å²) in [6.45, 7) is 2.15. The number of anilines is 2. The molecule has 0 spiro atoms. The van der Waals surface area contributed by atoms with E-state index in [1.54, 1.807) is 41.4 Å². The standard InChI is InChI=1S/C24H23FN6O4/c1-14-3-8-19(32)17(11-14)18-12-20(28-23(26)27-18)30-9-2-10-31(13-30)22(33)21(29-24(34)35)15-4-6-16(25)7-5-15/h2-9,11-12,21,29,32H,10,13H2,1H3,(H,34,35)(H2,26,27,28)/t21-/m1/s1. The summed E-state index contributed by atoms with van der Waals surface area (Å²) in [4.78, 5) is 36.2. The number of aromatic hydroxyl groups is 1. The molecule has 11 heteroatoms. The van der Waals surface area contributed by atoms with Gasteiger partial charge in [-0.15, -0.1) is 0 Å². The van der Waals surface area contributed by atoms with Gasteiger partial charge in [-0.05, 0) is 42.8 Å². The number of rotatable bonds is 5. The quantitative estimate of drug-likeness (QED) is 0.438. The van der Waals surface area contributed by atoms with Crippen LogP contribution in [0.25, 0.3) is 11.3 Å². The minimum absolute atomic E-state index is 0.0213. The number of nitrogens with one attached hydrogen (secondary N) is 1. The van der Waals surface area contributed by atoms with Crippen molar-refractivity contribution in [3.8, 4) is 17.0 Å². The van der Waals surface area contributed by atoms with Gasteiger partial charge in [-0.1, -0.05) is 23.8 Å². The van der Waals surface area contributed by atoms with Crippen molar-refractivity contribution >= 4 is 23.8 Å². The molecule has 10 nitrogen and oxygen atoms in total. The number of carboxylic acid groups (broad SMARTS) is 1. The molecular weight excluding hydrogens is 455 g/mol. The van der Waals surface area contributed by atoms with Gasteiger partial charge in [0.25, 0.3) is 5.91 Å². The van der Waals surface area contributed by atoms with Gasteiger partial charge in [0.15, 0.2) is 0 Å². The molecule has 1 aromatic heterocycles. The van der Waals surface area contributed by atoms with E-state index in [2.05, 4.69) is 15.3 Å². The molecule has 0 radical (unpaired) electrons. The second-order valence-electron chi connectivity index (χ2n) is 7.98. The first-order valence-corrected chi connectivity index (χ1v) is 10.6. The summed E-state index contributed by atoms with van der Waals surface area (Å²) in [6.07, 6.45) is 2.05. The minimum atomic E-state index is -1.39. The molecule has 0 saturated carbocycles. The zero-order chi connectivity index (χ0) is 25.1. The molecule has 0 fully saturated rings. The molecular formula is C24H23FN6O4. The van der Waals surface area contributed by atoms with E-state index in [9.17, 15) is 24.2 Å². The normalized spacial score (nSPS) is 14.0. The number of nitrogens with zero attached hydrogens (tertiary/aromatic N) is 4. The minimum Gasteiger partial charge on any atom is -0.507 e. The van der Waals surface area contributed by atoms with Crippen molar-refractivity contribution in [2.75, 3.05) is 23.8 Å². The Morgan fingerprint density at radius 2 is 1.89 bits per heavy atom. The molecule has 4 rings (SSSR count). The molecule has 0 unspecified atom stereocenters. The number of halogens is 1. The zero-order valence-electron chi connectivity index (χ0n) is 18.7. The van der Waals surface area contributed by atoms with Crippen LogP contribution in [0.3, 0.4) is 0 Å². The van der Waals surface area contributed by atoms with Crippen molar-refractivity contribution in [1.29, 1.82) is 0 Å². The predicted octanol–water partition coefficient (Wildman–Crippen LogP) is 3.01. The number of hydrogen-bond donors (Lipinski definition) is 4. The third kappa shape index (κ3) is 5.29. The Bertz CT molecular complexity index is 1300. The maximum atomic E-state index is 13.4. The Balaban J connectivity index is 1.61. The van der Waals surface area contributed by atoms with Crippen LogP contribution in [-0.4, -0.2) is 50.3 Å². The largest absolute Gasteiger partial charge is 0.507 e. The summed E-state index contributed by atoms with van der Waals surface area (Å²) in [5.74, 6) is -0.628. The molecule has 0 aliphatic carbocycles. The van der Waals surface area contributed by atoms with Crippen LogP contribution in [-0.2, 0) is 4.79 Å². The lowest BCUT2D eigenvalue weighted by molar-refractivity contribution is -0.133. The Morgan fingerprint density at radius 3 is 2.60 bits per heavy atom. The van der Waals surface area contributed by atoms with Crippen LogP contribution in [0, 0.1) is 12.7 Å². The molecule has 1 atom stereocenters. The van der Waals surface area contributed by atoms with E-state index in [0.717, 1.165) is 17.7 Å². The summed E-state index contributed by atoms with van der Waals surface area (Å²) in [7, 11) is 0. The number of phenolic OH excluding ortho intramolecular Hbond substituents is 1. The average molecular weight is 478 g/mol. The van der Waals surface area contributed by atoms with Crippen molar-refractivity contribution < 1.29 is 24.2 Å². The van der Waals surface area contributed by atoms with Crippen molar-refractivity contribution in [1.82, 2.24) is 20.2 Å². The SMILES string of the molecule is Cc1ccc(O)c(-c2cc(N3C=CCN(C(=O)[C@H](NC(=O)O)c4ccc(F)cc4)C3)nc(N)n2)c1. The van der Waals surface area contributed by atoms with Crippen LogP contribution < -0.4 is 16.0 Å². The van der Waals surface area contributed by atoms with Crippen molar-refractivity contribution in [2.45, 2.75) is 13.0 Å². The lowest BCUT2D eigenvalue weighted by Gasteiger charge is -2.34. The van der Waals surface area contributed by atoms with Crippen molar-refractivity contribution in [2.24, 2.45) is 0 Å². The summed E-state index contributed by atoms with van der Waals surface area (Å²) in [5.41, 5.74) is 8.05. The number of nitrogens with two attached hydrogens (primary N) is 1. The molecule has 2 amide bonds. The third-order valence-corrected chi connectivity index (χ3v) is 5.42. The van der Waals surface area contributed by atoms with Gasteiger partial charge in [0, 0.05) is 24.4 Å². The summed E-state index contributed by atoms with van der Waals surface area (Å²) in [5, 5.41) is 21.8. The van der Waals surface area contributed by atoms with Crippen LogP contribution in [0.1, 0.15) is 17.2 Å². The Kier molecular flexibility index (Phi) is 6.49. The smallest absolute Gasteiger partial charge is 0.405 e. The van der Waals surface area contributed by atoms with Crippen molar-refractivity contribution in [3.05, 3.63) is 77.8 Å². The maximum absolute atomic E-state index is 13.4. The van der Waals surface area contributed by atoms with Crippen LogP contribution in [0.4, 0.5) is 21.0 Å². The summed E-state index contributed by atoms with van der Waals surface area (Å²) < 4.78 is 13.4. The number of benzene rings is 2. The van der Waals surface area contributed by atoms with Crippen molar-refractivity contribution in [3.63, 3.8) is 0 Å². The Morgan fingerprint density at radius 1 is 1.14 bits per heavy atom. The van der Waals surface area contributed by atoms with Gasteiger partial charge in [-0.2, -0.15) is 4.98 Å². The maximum Gasteiger partial charge on any atom is 0.405 e. The first-order chi connectivity index (χ1) is 16.7. The predicted molar refractivity (Wildman–Crippen MR) is 127 cm³/mol. The van der Waals surface area contributed by atoms with E-state index < -0.39 is 23.9 Å². The summed E-state index contributed by atoms with van der Waals surface area (Å²) >= 11 is 0. The molecule has 0 saturated heterocycles. The van der Waals surface area contributed by atoms with E-state index >= 15 is 0 Å². The van der Waals surface area contributed by atoms with Crippen LogP contribution in [0.5, 0.6) is 5.75 Å². The van der Waals surface area contributed by atoms with Gasteiger partial charge in [-0.3, -0.25) is 4.79 Å². The van der Waals surface area contributed by atoms with E-state index in [1.165, 1.54) is 17.0 Å². The number of aromatic nitrogens is 2.